The van der Waals surface area contributed by atoms with Crippen molar-refractivity contribution in [2.45, 2.75) is 19.9 Å². The second kappa shape index (κ2) is 13.3. The van der Waals surface area contributed by atoms with Gasteiger partial charge in [0.1, 0.15) is 17.0 Å². The molecule has 10 nitrogen and oxygen atoms in total. The van der Waals surface area contributed by atoms with Gasteiger partial charge in [0.2, 0.25) is 5.89 Å². The second-order valence-electron chi connectivity index (χ2n) is 9.09. The van der Waals surface area contributed by atoms with E-state index < -0.39 is 4.92 Å². The number of thioether (sulfide) groups is 1. The smallest absolute Gasteiger partial charge is 0.271 e. The second-order valence-corrected chi connectivity index (χ2v) is 11.8. The molecule has 4 heterocycles. The normalized spacial score (nSPS) is 16.2. The number of aromatic nitrogens is 1. The number of morpholine rings is 1. The number of rotatable bonds is 6. The van der Waals surface area contributed by atoms with Crippen molar-refractivity contribution in [3.8, 4) is 16.5 Å². The Bertz CT molecular complexity index is 1680. The number of aliphatic imine (C=N–C) groups is 2. The maximum absolute atomic E-state index is 10.6. The van der Waals surface area contributed by atoms with Gasteiger partial charge in [-0.25, -0.2) is 9.98 Å². The number of thiophene rings is 1. The highest BCUT2D eigenvalue weighted by Gasteiger charge is 2.16. The molecule has 2 aliphatic rings. The van der Waals surface area contributed by atoms with Crippen LogP contribution in [0.5, 0.6) is 5.75 Å². The van der Waals surface area contributed by atoms with Crippen LogP contribution in [0.25, 0.3) is 21.9 Å². The number of non-ortho nitro benzene ring substituents is 1. The lowest BCUT2D eigenvalue weighted by Gasteiger charge is -2.25. The summed E-state index contributed by atoms with van der Waals surface area (Å²) in [6.07, 6.45) is 2.73. The number of phenolic OH excluding ortho intramolecular Hbond substituents is 1. The molecule has 2 aliphatic heterocycles. The minimum Gasteiger partial charge on any atom is -0.506 e. The maximum Gasteiger partial charge on any atom is 0.271 e. The fourth-order valence-electron chi connectivity index (χ4n) is 4.12. The number of thiocarbonyl (C=S) groups is 1. The maximum atomic E-state index is 10.6. The SMILES string of the molecule is CC1=CCC(=Nc2cc([N+](=O)[O-])ccc2O)S1.S=C=Nc1ccc2oc(-c3ccc(CN4CCOCC4)s3)nc2c1. The van der Waals surface area contributed by atoms with E-state index in [0.717, 1.165) is 64.5 Å². The fourth-order valence-corrected chi connectivity index (χ4v) is 6.05. The number of benzene rings is 2. The Morgan fingerprint density at radius 2 is 2.02 bits per heavy atom. The summed E-state index contributed by atoms with van der Waals surface area (Å²) in [4.78, 5) is 28.8. The van der Waals surface area contributed by atoms with Crippen molar-refractivity contribution in [2.24, 2.45) is 9.98 Å². The number of hydrogen-bond donors (Lipinski definition) is 1. The van der Waals surface area contributed by atoms with E-state index >= 15 is 0 Å². The number of isothiocyanates is 1. The standard InChI is InChI=1S/C17H15N3O2S2.C11H10N2O3S/c23-11-18-12-1-3-15-14(9-12)19-17(22-15)16-4-2-13(24-16)10-20-5-7-21-8-6-20;1-7-2-5-11(17-7)12-9-6-8(13(15)16)3-4-10(9)14/h1-4,9H,5-8,10H2;2-4,6,14H,5H2,1H3. The van der Waals surface area contributed by atoms with Crippen LogP contribution in [0, 0.1) is 10.1 Å². The monoisotopic (exact) mass is 607 g/mol. The van der Waals surface area contributed by atoms with Gasteiger partial charge in [-0.15, -0.1) is 11.3 Å². The molecular formula is C28H25N5O5S3. The summed E-state index contributed by atoms with van der Waals surface area (Å²) in [5, 5.41) is 23.4. The molecule has 0 spiro atoms. The number of nitro groups is 1. The van der Waals surface area contributed by atoms with Gasteiger partial charge in [0.05, 0.1) is 38.9 Å². The first-order chi connectivity index (χ1) is 19.9. The fraction of sp³-hybridized carbons (Fsp3) is 0.250. The van der Waals surface area contributed by atoms with Crippen molar-refractivity contribution >= 4 is 73.7 Å². The largest absolute Gasteiger partial charge is 0.506 e. The number of oxazole rings is 1. The Labute approximate surface area is 249 Å². The van der Waals surface area contributed by atoms with Gasteiger partial charge in [0.15, 0.2) is 5.58 Å². The Morgan fingerprint density at radius 1 is 1.20 bits per heavy atom. The summed E-state index contributed by atoms with van der Waals surface area (Å²) >= 11 is 7.87. The van der Waals surface area contributed by atoms with Crippen molar-refractivity contribution in [3.05, 3.63) is 74.5 Å². The van der Waals surface area contributed by atoms with E-state index in [2.05, 4.69) is 49.4 Å². The molecule has 210 valence electrons. The number of nitrogens with zero attached hydrogens (tertiary/aromatic N) is 5. The Morgan fingerprint density at radius 3 is 2.76 bits per heavy atom. The number of fused-ring (bicyclic) bond motifs is 1. The van der Waals surface area contributed by atoms with Crippen LogP contribution in [0.15, 0.2) is 73.9 Å². The molecule has 0 radical (unpaired) electrons. The zero-order chi connectivity index (χ0) is 28.8. The average Bonchev–Trinajstić information content (AvgIpc) is 3.70. The van der Waals surface area contributed by atoms with E-state index in [-0.39, 0.29) is 17.1 Å². The Kier molecular flexibility index (Phi) is 9.35. The molecule has 1 fully saturated rings. The van der Waals surface area contributed by atoms with Crippen LogP contribution in [0.3, 0.4) is 0 Å². The van der Waals surface area contributed by atoms with E-state index in [4.69, 9.17) is 9.15 Å². The van der Waals surface area contributed by atoms with Gasteiger partial charge >= 0.3 is 0 Å². The molecule has 13 heteroatoms. The zero-order valence-corrected chi connectivity index (χ0v) is 24.4. The third kappa shape index (κ3) is 7.53. The zero-order valence-electron chi connectivity index (χ0n) is 22.0. The Hall–Kier alpha value is -3.71. The third-order valence-electron chi connectivity index (χ3n) is 6.16. The van der Waals surface area contributed by atoms with Crippen LogP contribution >= 0.6 is 35.3 Å². The molecule has 0 amide bonds. The molecule has 6 rings (SSSR count). The van der Waals surface area contributed by atoms with Crippen molar-refractivity contribution in [1.29, 1.82) is 0 Å². The minimum atomic E-state index is -0.506. The van der Waals surface area contributed by atoms with E-state index in [1.807, 2.05) is 31.2 Å². The summed E-state index contributed by atoms with van der Waals surface area (Å²) in [6, 6.07) is 13.6. The average molecular weight is 608 g/mol. The number of hydrogen-bond acceptors (Lipinski definition) is 12. The van der Waals surface area contributed by atoms with Gasteiger partial charge in [0.25, 0.3) is 5.69 Å². The number of allylic oxidation sites excluding steroid dienone is 2. The molecule has 41 heavy (non-hydrogen) atoms. The molecule has 0 atom stereocenters. The summed E-state index contributed by atoms with van der Waals surface area (Å²) in [6.45, 7) is 6.52. The first-order valence-corrected chi connectivity index (χ1v) is 14.7. The van der Waals surface area contributed by atoms with Gasteiger partial charge in [-0.1, -0.05) is 17.8 Å². The van der Waals surface area contributed by atoms with E-state index in [1.54, 1.807) is 11.3 Å². The number of ether oxygens (including phenoxy) is 1. The molecule has 1 N–H and O–H groups in total. The summed E-state index contributed by atoms with van der Waals surface area (Å²) in [5.74, 6) is 0.597. The summed E-state index contributed by atoms with van der Waals surface area (Å²) in [5.41, 5.74) is 2.42. The molecule has 0 aliphatic carbocycles. The van der Waals surface area contributed by atoms with Crippen LogP contribution in [0.2, 0.25) is 0 Å². The topological polar surface area (TPSA) is 127 Å². The molecule has 2 aromatic heterocycles. The first kappa shape index (κ1) is 28.8. The van der Waals surface area contributed by atoms with Crippen LogP contribution in [-0.2, 0) is 11.3 Å². The predicted molar refractivity (Wildman–Crippen MR) is 166 cm³/mol. The molecule has 4 aromatic rings. The predicted octanol–water partition coefficient (Wildman–Crippen LogP) is 7.49. The van der Waals surface area contributed by atoms with Crippen molar-refractivity contribution in [2.75, 3.05) is 26.3 Å². The van der Waals surface area contributed by atoms with Crippen LogP contribution in [0.4, 0.5) is 17.1 Å². The van der Waals surface area contributed by atoms with Gasteiger partial charge in [-0.3, -0.25) is 15.0 Å². The van der Waals surface area contributed by atoms with Gasteiger partial charge in [-0.05, 0) is 60.4 Å². The molecular weight excluding hydrogens is 583 g/mol. The van der Waals surface area contributed by atoms with E-state index in [1.165, 1.54) is 34.8 Å². The molecule has 1 saturated heterocycles. The Balaban J connectivity index is 0.000000175. The highest BCUT2D eigenvalue weighted by molar-refractivity contribution is 8.17. The number of aromatic hydroxyl groups is 1. The van der Waals surface area contributed by atoms with Gasteiger partial charge in [-0.2, -0.15) is 4.99 Å². The summed E-state index contributed by atoms with van der Waals surface area (Å²) < 4.78 is 11.3. The van der Waals surface area contributed by atoms with Crippen molar-refractivity contribution in [1.82, 2.24) is 9.88 Å². The highest BCUT2D eigenvalue weighted by Crippen LogP contribution is 2.35. The van der Waals surface area contributed by atoms with Crippen LogP contribution in [-0.4, -0.2) is 56.4 Å². The number of nitro benzene ring substituents is 1. The summed E-state index contributed by atoms with van der Waals surface area (Å²) in [7, 11) is 0. The lowest BCUT2D eigenvalue weighted by molar-refractivity contribution is -0.384. The lowest BCUT2D eigenvalue weighted by atomic mass is 10.2. The highest BCUT2D eigenvalue weighted by atomic mass is 32.2. The quantitative estimate of drug-likeness (QED) is 0.103. The van der Waals surface area contributed by atoms with E-state index in [0.29, 0.717) is 12.3 Å². The molecule has 2 aromatic carbocycles. The van der Waals surface area contributed by atoms with E-state index in [9.17, 15) is 15.2 Å². The van der Waals surface area contributed by atoms with Gasteiger partial charge in [0, 0.05) is 43.1 Å². The molecule has 0 saturated carbocycles. The lowest BCUT2D eigenvalue weighted by Crippen LogP contribution is -2.35. The van der Waals surface area contributed by atoms with Crippen LogP contribution < -0.4 is 0 Å². The number of phenols is 1. The van der Waals surface area contributed by atoms with Crippen molar-refractivity contribution < 1.29 is 19.2 Å². The third-order valence-corrected chi connectivity index (χ3v) is 8.29. The minimum absolute atomic E-state index is 0.0479. The van der Waals surface area contributed by atoms with Crippen LogP contribution in [0.1, 0.15) is 18.2 Å². The molecule has 0 bridgehead atoms. The van der Waals surface area contributed by atoms with Gasteiger partial charge < -0.3 is 14.3 Å². The first-order valence-electron chi connectivity index (χ1n) is 12.6. The van der Waals surface area contributed by atoms with Crippen molar-refractivity contribution in [3.63, 3.8) is 0 Å². The molecule has 0 unspecified atom stereocenters.